The molecule has 1 aromatic carbocycles. The lowest BCUT2D eigenvalue weighted by molar-refractivity contribution is -0.137. The molecule has 0 aliphatic rings. The Kier molecular flexibility index (Phi) is 5.91. The van der Waals surface area contributed by atoms with Crippen LogP contribution in [0.25, 0.3) is 11.3 Å². The summed E-state index contributed by atoms with van der Waals surface area (Å²) in [6.07, 6.45) is 3.06. The zero-order chi connectivity index (χ0) is 16.7. The van der Waals surface area contributed by atoms with Crippen molar-refractivity contribution in [3.05, 3.63) is 42.4 Å². The Morgan fingerprint density at radius 1 is 1.22 bits per heavy atom. The van der Waals surface area contributed by atoms with Gasteiger partial charge in [0.05, 0.1) is 6.20 Å². The molecule has 2 N–H and O–H groups in total. The van der Waals surface area contributed by atoms with Crippen molar-refractivity contribution in [1.82, 2.24) is 10.3 Å². The third-order valence-electron chi connectivity index (χ3n) is 3.37. The highest BCUT2D eigenvalue weighted by atomic mass is 16.4. The van der Waals surface area contributed by atoms with E-state index in [0.717, 1.165) is 5.56 Å². The van der Waals surface area contributed by atoms with Gasteiger partial charge >= 0.3 is 5.97 Å². The molecule has 23 heavy (non-hydrogen) atoms. The number of rotatable bonds is 8. The summed E-state index contributed by atoms with van der Waals surface area (Å²) < 4.78 is 5.69. The van der Waals surface area contributed by atoms with E-state index in [1.165, 1.54) is 0 Å². The first-order valence-electron chi connectivity index (χ1n) is 7.58. The second-order valence-electron chi connectivity index (χ2n) is 5.32. The van der Waals surface area contributed by atoms with Gasteiger partial charge in [-0.2, -0.15) is 0 Å². The molecule has 122 valence electrons. The first-order valence-corrected chi connectivity index (χ1v) is 7.58. The van der Waals surface area contributed by atoms with E-state index in [1.807, 2.05) is 30.3 Å². The van der Waals surface area contributed by atoms with Crippen LogP contribution < -0.4 is 5.32 Å². The Balaban J connectivity index is 1.84. The minimum atomic E-state index is -0.841. The molecule has 2 rings (SSSR count). The number of carboxylic acid groups (broad SMARTS) is 1. The fraction of sp³-hybridized carbons (Fsp3) is 0.353. The molecule has 1 amide bonds. The van der Waals surface area contributed by atoms with E-state index in [-0.39, 0.29) is 18.4 Å². The van der Waals surface area contributed by atoms with Crippen LogP contribution in [-0.4, -0.2) is 22.0 Å². The van der Waals surface area contributed by atoms with Gasteiger partial charge in [-0.05, 0) is 19.8 Å². The number of hydrogen-bond acceptors (Lipinski definition) is 4. The summed E-state index contributed by atoms with van der Waals surface area (Å²) in [5.41, 5.74) is 0.929. The van der Waals surface area contributed by atoms with Gasteiger partial charge in [0.1, 0.15) is 6.04 Å². The summed E-state index contributed by atoms with van der Waals surface area (Å²) in [4.78, 5) is 26.4. The molecule has 2 aromatic rings. The number of aromatic nitrogens is 1. The van der Waals surface area contributed by atoms with Crippen LogP contribution >= 0.6 is 0 Å². The number of hydrogen-bond donors (Lipinski definition) is 2. The molecule has 0 bridgehead atoms. The zero-order valence-corrected chi connectivity index (χ0v) is 13.0. The van der Waals surface area contributed by atoms with Crippen molar-refractivity contribution >= 4 is 11.9 Å². The maximum absolute atomic E-state index is 11.8. The minimum absolute atomic E-state index is 0.0863. The highest BCUT2D eigenvalue weighted by molar-refractivity contribution is 5.76. The smallest absolute Gasteiger partial charge is 0.303 e. The normalized spacial score (nSPS) is 11.9. The number of amides is 1. The number of carboxylic acids is 1. The molecule has 1 heterocycles. The van der Waals surface area contributed by atoms with Crippen LogP contribution in [-0.2, 0) is 9.59 Å². The monoisotopic (exact) mass is 316 g/mol. The van der Waals surface area contributed by atoms with Gasteiger partial charge in [0, 0.05) is 18.4 Å². The predicted molar refractivity (Wildman–Crippen MR) is 84.6 cm³/mol. The number of nitrogens with zero attached hydrogens (tertiary/aromatic N) is 1. The molecule has 1 aromatic heterocycles. The van der Waals surface area contributed by atoms with E-state index >= 15 is 0 Å². The van der Waals surface area contributed by atoms with Crippen molar-refractivity contribution in [2.45, 2.75) is 38.6 Å². The summed E-state index contributed by atoms with van der Waals surface area (Å²) in [5.74, 6) is 0.125. The van der Waals surface area contributed by atoms with Gasteiger partial charge in [-0.1, -0.05) is 30.3 Å². The molecule has 0 radical (unpaired) electrons. The number of unbranched alkanes of at least 4 members (excludes halogenated alkanes) is 1. The predicted octanol–water partition coefficient (Wildman–Crippen LogP) is 3.16. The van der Waals surface area contributed by atoms with Gasteiger partial charge < -0.3 is 14.8 Å². The summed E-state index contributed by atoms with van der Waals surface area (Å²) in [7, 11) is 0. The van der Waals surface area contributed by atoms with E-state index in [4.69, 9.17) is 9.52 Å². The first-order chi connectivity index (χ1) is 11.1. The van der Waals surface area contributed by atoms with Crippen LogP contribution in [0.3, 0.4) is 0 Å². The fourth-order valence-electron chi connectivity index (χ4n) is 2.16. The second kappa shape index (κ2) is 8.12. The maximum atomic E-state index is 11.8. The van der Waals surface area contributed by atoms with Crippen molar-refractivity contribution in [1.29, 1.82) is 0 Å². The van der Waals surface area contributed by atoms with Gasteiger partial charge in [-0.25, -0.2) is 4.98 Å². The van der Waals surface area contributed by atoms with Gasteiger partial charge in [-0.15, -0.1) is 0 Å². The topological polar surface area (TPSA) is 92.4 Å². The van der Waals surface area contributed by atoms with Gasteiger partial charge in [0.25, 0.3) is 0 Å². The van der Waals surface area contributed by atoms with Crippen LogP contribution in [0.15, 0.2) is 40.9 Å². The van der Waals surface area contributed by atoms with E-state index in [0.29, 0.717) is 30.9 Å². The molecule has 0 spiro atoms. The van der Waals surface area contributed by atoms with E-state index < -0.39 is 5.97 Å². The Morgan fingerprint density at radius 3 is 2.61 bits per heavy atom. The lowest BCUT2D eigenvalue weighted by Gasteiger charge is -2.10. The van der Waals surface area contributed by atoms with Crippen molar-refractivity contribution in [3.8, 4) is 11.3 Å². The zero-order valence-electron chi connectivity index (χ0n) is 13.0. The summed E-state index contributed by atoms with van der Waals surface area (Å²) in [6.45, 7) is 1.80. The Bertz CT molecular complexity index is 652. The second-order valence-corrected chi connectivity index (χ2v) is 5.32. The van der Waals surface area contributed by atoms with Gasteiger partial charge in [0.2, 0.25) is 11.8 Å². The lowest BCUT2D eigenvalue weighted by Crippen LogP contribution is -2.26. The Morgan fingerprint density at radius 2 is 1.91 bits per heavy atom. The molecule has 0 fully saturated rings. The highest BCUT2D eigenvalue weighted by Gasteiger charge is 2.15. The van der Waals surface area contributed by atoms with Gasteiger partial charge in [0.15, 0.2) is 5.76 Å². The highest BCUT2D eigenvalue weighted by Crippen LogP contribution is 2.22. The molecule has 6 nitrogen and oxygen atoms in total. The van der Waals surface area contributed by atoms with Crippen molar-refractivity contribution in [2.24, 2.45) is 0 Å². The minimum Gasteiger partial charge on any atom is -0.481 e. The van der Waals surface area contributed by atoms with Crippen LogP contribution in [0.4, 0.5) is 0 Å². The molecular formula is C17H20N2O4. The summed E-state index contributed by atoms with van der Waals surface area (Å²) >= 11 is 0. The van der Waals surface area contributed by atoms with E-state index in [2.05, 4.69) is 10.3 Å². The molecule has 0 aliphatic carbocycles. The largest absolute Gasteiger partial charge is 0.481 e. The lowest BCUT2D eigenvalue weighted by atomic mass is 10.2. The number of carbonyl (C=O) groups excluding carboxylic acids is 1. The van der Waals surface area contributed by atoms with Crippen molar-refractivity contribution in [3.63, 3.8) is 0 Å². The van der Waals surface area contributed by atoms with Crippen LogP contribution in [0.5, 0.6) is 0 Å². The molecule has 0 aliphatic heterocycles. The maximum Gasteiger partial charge on any atom is 0.303 e. The average Bonchev–Trinajstić information content (AvgIpc) is 3.02. The Hall–Kier alpha value is -2.63. The van der Waals surface area contributed by atoms with E-state index in [1.54, 1.807) is 13.1 Å². The number of carbonyl (C=O) groups is 2. The number of benzene rings is 1. The van der Waals surface area contributed by atoms with Gasteiger partial charge in [-0.3, -0.25) is 9.59 Å². The molecular weight excluding hydrogens is 296 g/mol. The number of aliphatic carboxylic acids is 1. The molecule has 6 heteroatoms. The molecule has 0 saturated heterocycles. The first kappa shape index (κ1) is 16.7. The SMILES string of the molecule is CC(NC(=O)CCCCC(=O)O)c1ncc(-c2ccccc2)o1. The summed E-state index contributed by atoms with van der Waals surface area (Å²) in [6, 6.07) is 9.28. The fourth-order valence-corrected chi connectivity index (χ4v) is 2.16. The van der Waals surface area contributed by atoms with Crippen LogP contribution in [0.1, 0.15) is 44.5 Å². The average molecular weight is 316 g/mol. The van der Waals surface area contributed by atoms with E-state index in [9.17, 15) is 9.59 Å². The van der Waals surface area contributed by atoms with Crippen molar-refractivity contribution < 1.29 is 19.1 Å². The quantitative estimate of drug-likeness (QED) is 0.730. The molecule has 1 unspecified atom stereocenters. The number of oxazole rings is 1. The third-order valence-corrected chi connectivity index (χ3v) is 3.37. The third kappa shape index (κ3) is 5.25. The molecule has 0 saturated carbocycles. The molecule has 1 atom stereocenters. The number of nitrogens with one attached hydrogen (secondary N) is 1. The summed E-state index contributed by atoms with van der Waals surface area (Å²) in [5, 5.41) is 11.4. The van der Waals surface area contributed by atoms with Crippen LogP contribution in [0, 0.1) is 0 Å². The van der Waals surface area contributed by atoms with Crippen molar-refractivity contribution in [2.75, 3.05) is 0 Å². The Labute approximate surface area is 134 Å². The standard InChI is InChI=1S/C17H20N2O4/c1-12(19-15(20)9-5-6-10-16(21)22)17-18-11-14(23-17)13-7-3-2-4-8-13/h2-4,7-8,11-12H,5-6,9-10H2,1H3,(H,19,20)(H,21,22). The van der Waals surface area contributed by atoms with Crippen LogP contribution in [0.2, 0.25) is 0 Å².